The van der Waals surface area contributed by atoms with Gasteiger partial charge in [-0.3, -0.25) is 4.79 Å². The number of amides is 1. The van der Waals surface area contributed by atoms with Gasteiger partial charge in [0.15, 0.2) is 0 Å². The fourth-order valence-corrected chi connectivity index (χ4v) is 3.88. The van der Waals surface area contributed by atoms with Crippen molar-refractivity contribution in [3.05, 3.63) is 35.9 Å². The van der Waals surface area contributed by atoms with Gasteiger partial charge in [-0.1, -0.05) is 65.5 Å². The average molecular weight is 308 g/mol. The summed E-state index contributed by atoms with van der Waals surface area (Å²) in [4.78, 5) is 14.5. The number of β-lactam (4-membered cyclic amide) rings is 1. The zero-order valence-electron chi connectivity index (χ0n) is 10.4. The van der Waals surface area contributed by atoms with Crippen molar-refractivity contribution in [3.63, 3.8) is 0 Å². The first-order valence-corrected chi connectivity index (χ1v) is 7.56. The van der Waals surface area contributed by atoms with Crippen LogP contribution in [0.4, 0.5) is 0 Å². The first-order chi connectivity index (χ1) is 8.72. The lowest BCUT2D eigenvalue weighted by Gasteiger charge is -2.50. The van der Waals surface area contributed by atoms with Crippen LogP contribution in [0.25, 0.3) is 0 Å². The number of carbonyl (C=O) groups is 1. The zero-order chi connectivity index (χ0) is 12.6. The number of rotatable bonds is 2. The maximum absolute atomic E-state index is 12.5. The molecule has 1 saturated carbocycles. The number of hydrogen-bond donors (Lipinski definition) is 0. The molecule has 1 saturated heterocycles. The quantitative estimate of drug-likeness (QED) is 0.605. The standard InChI is InChI=1S/C15H18BrNO/c16-15(12-7-3-1-4-8-12)11-17(14(15)18)13-9-5-2-6-10-13/h1,3-4,7-8,13H,2,5-6,9-11H2. The summed E-state index contributed by atoms with van der Waals surface area (Å²) in [5, 5.41) is 0. The average Bonchev–Trinajstić information content (AvgIpc) is 2.46. The van der Waals surface area contributed by atoms with Crippen LogP contribution in [0.5, 0.6) is 0 Å². The topological polar surface area (TPSA) is 20.3 Å². The van der Waals surface area contributed by atoms with Gasteiger partial charge < -0.3 is 4.90 Å². The Balaban J connectivity index is 1.74. The molecule has 1 aromatic carbocycles. The van der Waals surface area contributed by atoms with Crippen LogP contribution >= 0.6 is 15.9 Å². The highest BCUT2D eigenvalue weighted by Crippen LogP contribution is 2.44. The van der Waals surface area contributed by atoms with Gasteiger partial charge in [0.2, 0.25) is 5.91 Å². The van der Waals surface area contributed by atoms with Gasteiger partial charge in [-0.05, 0) is 18.4 Å². The molecule has 2 aliphatic rings. The molecule has 18 heavy (non-hydrogen) atoms. The molecule has 3 heteroatoms. The number of carbonyl (C=O) groups excluding carboxylic acids is 1. The number of likely N-dealkylation sites (tertiary alicyclic amines) is 1. The molecule has 1 amide bonds. The van der Waals surface area contributed by atoms with E-state index in [0.717, 1.165) is 12.1 Å². The van der Waals surface area contributed by atoms with E-state index in [9.17, 15) is 4.79 Å². The molecule has 2 nitrogen and oxygen atoms in total. The monoisotopic (exact) mass is 307 g/mol. The molecule has 0 aromatic heterocycles. The number of nitrogens with zero attached hydrogens (tertiary/aromatic N) is 1. The largest absolute Gasteiger partial charge is 0.336 e. The molecular weight excluding hydrogens is 290 g/mol. The minimum Gasteiger partial charge on any atom is -0.336 e. The molecule has 1 heterocycles. The summed E-state index contributed by atoms with van der Waals surface area (Å²) in [6, 6.07) is 10.5. The predicted molar refractivity (Wildman–Crippen MR) is 75.6 cm³/mol. The smallest absolute Gasteiger partial charge is 0.246 e. The van der Waals surface area contributed by atoms with Crippen LogP contribution in [-0.4, -0.2) is 23.4 Å². The summed E-state index contributed by atoms with van der Waals surface area (Å²) in [6.45, 7) is 0.820. The van der Waals surface area contributed by atoms with Crippen molar-refractivity contribution >= 4 is 21.8 Å². The Labute approximate surface area is 116 Å². The summed E-state index contributed by atoms with van der Waals surface area (Å²) in [5.41, 5.74) is 1.09. The fraction of sp³-hybridized carbons (Fsp3) is 0.533. The van der Waals surface area contributed by atoms with Gasteiger partial charge >= 0.3 is 0 Å². The van der Waals surface area contributed by atoms with Crippen LogP contribution in [0.1, 0.15) is 37.7 Å². The van der Waals surface area contributed by atoms with Crippen molar-refractivity contribution in [3.8, 4) is 0 Å². The molecule has 96 valence electrons. The van der Waals surface area contributed by atoms with Crippen molar-refractivity contribution in [1.82, 2.24) is 4.90 Å². The van der Waals surface area contributed by atoms with E-state index in [2.05, 4.69) is 20.8 Å². The molecule has 1 aromatic rings. The van der Waals surface area contributed by atoms with E-state index in [1.807, 2.05) is 30.3 Å². The van der Waals surface area contributed by atoms with Gasteiger partial charge in [0.1, 0.15) is 4.32 Å². The van der Waals surface area contributed by atoms with E-state index in [0.29, 0.717) is 6.04 Å². The van der Waals surface area contributed by atoms with E-state index in [1.54, 1.807) is 0 Å². The van der Waals surface area contributed by atoms with Gasteiger partial charge in [0.25, 0.3) is 0 Å². The molecule has 0 spiro atoms. The van der Waals surface area contributed by atoms with E-state index < -0.39 is 4.32 Å². The molecule has 0 radical (unpaired) electrons. The van der Waals surface area contributed by atoms with Crippen LogP contribution in [0.2, 0.25) is 0 Å². The molecule has 1 aliphatic heterocycles. The maximum Gasteiger partial charge on any atom is 0.246 e. The Morgan fingerprint density at radius 1 is 1.11 bits per heavy atom. The molecule has 1 unspecified atom stereocenters. The van der Waals surface area contributed by atoms with Gasteiger partial charge in [-0.15, -0.1) is 0 Å². The van der Waals surface area contributed by atoms with Crippen LogP contribution in [-0.2, 0) is 9.12 Å². The SMILES string of the molecule is O=C1N(C2CCCCC2)CC1(Br)c1ccccc1. The summed E-state index contributed by atoms with van der Waals surface area (Å²) in [7, 11) is 0. The number of hydrogen-bond acceptors (Lipinski definition) is 1. The normalized spacial score (nSPS) is 29.2. The zero-order valence-corrected chi connectivity index (χ0v) is 12.0. The minimum absolute atomic E-state index is 0.251. The van der Waals surface area contributed by atoms with Gasteiger partial charge in [-0.25, -0.2) is 0 Å². The molecule has 0 bridgehead atoms. The summed E-state index contributed by atoms with van der Waals surface area (Å²) < 4.78 is -0.453. The lowest BCUT2D eigenvalue weighted by molar-refractivity contribution is -0.149. The molecule has 3 rings (SSSR count). The second-order valence-electron chi connectivity index (χ2n) is 5.39. The van der Waals surface area contributed by atoms with E-state index in [-0.39, 0.29) is 5.91 Å². The molecular formula is C15H18BrNO. The minimum atomic E-state index is -0.453. The molecule has 0 N–H and O–H groups in total. The van der Waals surface area contributed by atoms with Gasteiger partial charge in [0, 0.05) is 12.6 Å². The summed E-state index contributed by atoms with van der Waals surface area (Å²) in [6.07, 6.45) is 6.24. The Hall–Kier alpha value is -0.830. The van der Waals surface area contributed by atoms with Crippen molar-refractivity contribution in [2.75, 3.05) is 6.54 Å². The molecule has 1 atom stereocenters. The van der Waals surface area contributed by atoms with E-state index in [4.69, 9.17) is 0 Å². The maximum atomic E-state index is 12.5. The van der Waals surface area contributed by atoms with E-state index in [1.165, 1.54) is 32.1 Å². The Morgan fingerprint density at radius 2 is 1.78 bits per heavy atom. The van der Waals surface area contributed by atoms with Gasteiger partial charge in [-0.2, -0.15) is 0 Å². The van der Waals surface area contributed by atoms with Crippen LogP contribution in [0, 0.1) is 0 Å². The second-order valence-corrected chi connectivity index (χ2v) is 6.75. The van der Waals surface area contributed by atoms with Crippen molar-refractivity contribution in [2.24, 2.45) is 0 Å². The highest BCUT2D eigenvalue weighted by molar-refractivity contribution is 9.10. The highest BCUT2D eigenvalue weighted by Gasteiger charge is 2.53. The van der Waals surface area contributed by atoms with Crippen LogP contribution < -0.4 is 0 Å². The number of alkyl halides is 1. The summed E-state index contributed by atoms with van der Waals surface area (Å²) >= 11 is 3.66. The second kappa shape index (κ2) is 4.69. The first kappa shape index (κ1) is 12.2. The molecule has 2 fully saturated rings. The summed E-state index contributed by atoms with van der Waals surface area (Å²) in [5.74, 6) is 0.251. The Morgan fingerprint density at radius 3 is 2.39 bits per heavy atom. The van der Waals surface area contributed by atoms with Crippen molar-refractivity contribution < 1.29 is 4.79 Å². The van der Waals surface area contributed by atoms with Crippen LogP contribution in [0.3, 0.4) is 0 Å². The lowest BCUT2D eigenvalue weighted by atomic mass is 9.85. The van der Waals surface area contributed by atoms with E-state index >= 15 is 0 Å². The van der Waals surface area contributed by atoms with Crippen molar-refractivity contribution in [2.45, 2.75) is 42.5 Å². The van der Waals surface area contributed by atoms with Crippen molar-refractivity contribution in [1.29, 1.82) is 0 Å². The third-order valence-electron chi connectivity index (χ3n) is 4.23. The highest BCUT2D eigenvalue weighted by atomic mass is 79.9. The number of benzene rings is 1. The lowest BCUT2D eigenvalue weighted by Crippen LogP contribution is -2.64. The van der Waals surface area contributed by atoms with Crippen LogP contribution in [0.15, 0.2) is 30.3 Å². The fourth-order valence-electron chi connectivity index (χ4n) is 3.12. The third kappa shape index (κ3) is 1.89. The Kier molecular flexibility index (Phi) is 3.18. The molecule has 1 aliphatic carbocycles. The third-order valence-corrected chi connectivity index (χ3v) is 5.28. The van der Waals surface area contributed by atoms with Gasteiger partial charge in [0.05, 0.1) is 0 Å². The number of halogens is 1. The first-order valence-electron chi connectivity index (χ1n) is 6.77. The Bertz CT molecular complexity index is 441. The predicted octanol–water partition coefficient (Wildman–Crippen LogP) is 3.45.